The Morgan fingerprint density at radius 1 is 0.514 bits per heavy atom. The Kier molecular flexibility index (Phi) is 4.46. The van der Waals surface area contributed by atoms with E-state index in [2.05, 4.69) is 108 Å². The summed E-state index contributed by atoms with van der Waals surface area (Å²) in [5, 5.41) is 4.60. The Bertz CT molecular complexity index is 1830. The topological polar surface area (TPSA) is 30.7 Å². The summed E-state index contributed by atoms with van der Waals surface area (Å²) in [6, 6.07) is 44.2. The second-order valence-corrected chi connectivity index (χ2v) is 8.68. The lowest BCUT2D eigenvalue weighted by atomic mass is 9.99. The molecule has 5 aromatic carbocycles. The van der Waals surface area contributed by atoms with E-state index in [4.69, 9.17) is 9.97 Å². The molecule has 0 bridgehead atoms. The molecule has 0 atom stereocenters. The molecule has 7 rings (SSSR count). The summed E-state index contributed by atoms with van der Waals surface area (Å²) in [6.07, 6.45) is 0. The fourth-order valence-electron chi connectivity index (χ4n) is 5.03. The summed E-state index contributed by atoms with van der Waals surface area (Å²) in [4.78, 5) is 10.4. The highest BCUT2D eigenvalue weighted by Gasteiger charge is 2.21. The molecule has 0 spiro atoms. The number of fused-ring (bicyclic) bond motifs is 4. The normalized spacial score (nSPS) is 11.4. The Labute approximate surface area is 203 Å². The largest absolute Gasteiger partial charge is 0.294 e. The molecular formula is C32H21N3. The minimum atomic E-state index is 0.723. The van der Waals surface area contributed by atoms with Gasteiger partial charge in [0.2, 0.25) is 0 Å². The van der Waals surface area contributed by atoms with Gasteiger partial charge in [-0.15, -0.1) is 0 Å². The highest BCUT2D eigenvalue weighted by molar-refractivity contribution is 6.16. The lowest BCUT2D eigenvalue weighted by molar-refractivity contribution is 1.11. The van der Waals surface area contributed by atoms with Crippen LogP contribution in [0.1, 0.15) is 0 Å². The standard InChI is InChI=1S/C32H21N3/c1-3-13-23(14-4-1)31-33-30(26-20-11-15-22-12-7-8-18-25(22)26)29-27-19-9-10-21-28(27)35(32(29)34-31)24-16-5-2-6-17-24/h1-21H. The third-order valence-electron chi connectivity index (χ3n) is 6.61. The zero-order chi connectivity index (χ0) is 23.2. The van der Waals surface area contributed by atoms with Gasteiger partial charge in [-0.3, -0.25) is 4.57 Å². The zero-order valence-corrected chi connectivity index (χ0v) is 19.0. The Morgan fingerprint density at radius 2 is 1.17 bits per heavy atom. The van der Waals surface area contributed by atoms with E-state index < -0.39 is 0 Å². The molecule has 2 aromatic heterocycles. The van der Waals surface area contributed by atoms with Crippen LogP contribution in [0.4, 0.5) is 0 Å². The minimum Gasteiger partial charge on any atom is -0.294 e. The SMILES string of the molecule is c1ccc(-c2nc(-c3cccc4ccccc34)c3c4ccccc4n(-c4ccccc4)c3n2)cc1. The second kappa shape index (κ2) is 7.93. The van der Waals surface area contributed by atoms with Crippen molar-refractivity contribution >= 4 is 32.7 Å². The summed E-state index contributed by atoms with van der Waals surface area (Å²) in [7, 11) is 0. The van der Waals surface area contributed by atoms with Crippen LogP contribution in [0, 0.1) is 0 Å². The van der Waals surface area contributed by atoms with Gasteiger partial charge in [0.15, 0.2) is 5.82 Å². The van der Waals surface area contributed by atoms with Crippen LogP contribution in [0.3, 0.4) is 0 Å². The Hall–Kier alpha value is -4.76. The molecule has 3 nitrogen and oxygen atoms in total. The third-order valence-corrected chi connectivity index (χ3v) is 6.61. The smallest absolute Gasteiger partial charge is 0.162 e. The van der Waals surface area contributed by atoms with E-state index in [1.165, 1.54) is 10.8 Å². The van der Waals surface area contributed by atoms with Gasteiger partial charge in [-0.2, -0.15) is 0 Å². The van der Waals surface area contributed by atoms with Crippen LogP contribution < -0.4 is 0 Å². The van der Waals surface area contributed by atoms with Crippen molar-refractivity contribution in [3.63, 3.8) is 0 Å². The second-order valence-electron chi connectivity index (χ2n) is 8.68. The van der Waals surface area contributed by atoms with Crippen LogP contribution >= 0.6 is 0 Å². The summed E-state index contributed by atoms with van der Waals surface area (Å²) in [5.41, 5.74) is 6.19. The highest BCUT2D eigenvalue weighted by atomic mass is 15.1. The lowest BCUT2D eigenvalue weighted by Gasteiger charge is -2.12. The van der Waals surface area contributed by atoms with Crippen molar-refractivity contribution in [3.8, 4) is 28.3 Å². The van der Waals surface area contributed by atoms with Gasteiger partial charge in [0.1, 0.15) is 5.65 Å². The van der Waals surface area contributed by atoms with E-state index >= 15 is 0 Å². The number of hydrogen-bond acceptors (Lipinski definition) is 2. The number of benzene rings is 5. The van der Waals surface area contributed by atoms with Gasteiger partial charge in [-0.1, -0.05) is 109 Å². The molecule has 2 heterocycles. The maximum atomic E-state index is 5.22. The maximum Gasteiger partial charge on any atom is 0.162 e. The predicted molar refractivity (Wildman–Crippen MR) is 145 cm³/mol. The van der Waals surface area contributed by atoms with Crippen LogP contribution in [0.2, 0.25) is 0 Å². The first-order valence-corrected chi connectivity index (χ1v) is 11.8. The zero-order valence-electron chi connectivity index (χ0n) is 19.0. The molecule has 0 amide bonds. The number of aromatic nitrogens is 3. The average molecular weight is 448 g/mol. The molecule has 0 N–H and O–H groups in total. The first-order chi connectivity index (χ1) is 17.4. The summed E-state index contributed by atoms with van der Waals surface area (Å²) >= 11 is 0. The monoisotopic (exact) mass is 447 g/mol. The van der Waals surface area contributed by atoms with E-state index in [1.54, 1.807) is 0 Å². The summed E-state index contributed by atoms with van der Waals surface area (Å²) < 4.78 is 2.26. The molecule has 0 radical (unpaired) electrons. The van der Waals surface area contributed by atoms with Gasteiger partial charge >= 0.3 is 0 Å². The average Bonchev–Trinajstić information content (AvgIpc) is 3.27. The van der Waals surface area contributed by atoms with E-state index in [0.717, 1.165) is 50.3 Å². The highest BCUT2D eigenvalue weighted by Crippen LogP contribution is 2.39. The minimum absolute atomic E-state index is 0.723. The Morgan fingerprint density at radius 3 is 2.00 bits per heavy atom. The number of rotatable bonds is 3. The van der Waals surface area contributed by atoms with E-state index in [1.807, 2.05) is 24.3 Å². The third kappa shape index (κ3) is 3.13. The van der Waals surface area contributed by atoms with Crippen molar-refractivity contribution in [1.82, 2.24) is 14.5 Å². The molecule has 0 unspecified atom stereocenters. The number of nitrogens with zero attached hydrogens (tertiary/aromatic N) is 3. The molecule has 3 heteroatoms. The van der Waals surface area contributed by atoms with Gasteiger partial charge < -0.3 is 0 Å². The summed E-state index contributed by atoms with van der Waals surface area (Å²) in [6.45, 7) is 0. The molecule has 0 saturated heterocycles. The van der Waals surface area contributed by atoms with E-state index in [0.29, 0.717) is 0 Å². The maximum absolute atomic E-state index is 5.22. The molecule has 0 aliphatic heterocycles. The fraction of sp³-hybridized carbons (Fsp3) is 0. The van der Waals surface area contributed by atoms with Gasteiger partial charge in [0.25, 0.3) is 0 Å². The van der Waals surface area contributed by atoms with Crippen LogP contribution in [0.5, 0.6) is 0 Å². The van der Waals surface area contributed by atoms with Crippen molar-refractivity contribution in [1.29, 1.82) is 0 Å². The summed E-state index contributed by atoms with van der Waals surface area (Å²) in [5.74, 6) is 0.723. The lowest BCUT2D eigenvalue weighted by Crippen LogP contribution is -1.99. The van der Waals surface area contributed by atoms with Gasteiger partial charge in [0, 0.05) is 22.2 Å². The van der Waals surface area contributed by atoms with E-state index in [-0.39, 0.29) is 0 Å². The Balaban J connectivity index is 1.69. The van der Waals surface area contributed by atoms with Crippen molar-refractivity contribution in [2.75, 3.05) is 0 Å². The van der Waals surface area contributed by atoms with Crippen LogP contribution in [-0.2, 0) is 0 Å². The molecule has 164 valence electrons. The van der Waals surface area contributed by atoms with Crippen molar-refractivity contribution in [3.05, 3.63) is 127 Å². The first-order valence-electron chi connectivity index (χ1n) is 11.8. The van der Waals surface area contributed by atoms with E-state index in [9.17, 15) is 0 Å². The van der Waals surface area contributed by atoms with Crippen molar-refractivity contribution < 1.29 is 0 Å². The molecule has 7 aromatic rings. The van der Waals surface area contributed by atoms with Crippen molar-refractivity contribution in [2.24, 2.45) is 0 Å². The molecule has 35 heavy (non-hydrogen) atoms. The quantitative estimate of drug-likeness (QED) is 0.274. The number of hydrogen-bond donors (Lipinski definition) is 0. The molecule has 0 saturated carbocycles. The van der Waals surface area contributed by atoms with Gasteiger partial charge in [0.05, 0.1) is 16.6 Å². The first kappa shape index (κ1) is 19.7. The molecular weight excluding hydrogens is 426 g/mol. The number of para-hydroxylation sites is 2. The predicted octanol–water partition coefficient (Wildman–Crippen LogP) is 8.06. The van der Waals surface area contributed by atoms with Gasteiger partial charge in [-0.05, 0) is 29.0 Å². The van der Waals surface area contributed by atoms with Crippen LogP contribution in [-0.4, -0.2) is 14.5 Å². The molecule has 0 aliphatic carbocycles. The van der Waals surface area contributed by atoms with Crippen LogP contribution in [0.25, 0.3) is 61.0 Å². The van der Waals surface area contributed by atoms with Crippen LogP contribution in [0.15, 0.2) is 127 Å². The molecule has 0 fully saturated rings. The molecule has 0 aliphatic rings. The fourth-order valence-corrected chi connectivity index (χ4v) is 5.03. The van der Waals surface area contributed by atoms with Gasteiger partial charge in [-0.25, -0.2) is 9.97 Å². The van der Waals surface area contributed by atoms with Crippen molar-refractivity contribution in [2.45, 2.75) is 0 Å².